The van der Waals surface area contributed by atoms with Crippen molar-refractivity contribution >= 4 is 0 Å². The minimum absolute atomic E-state index is 0.275. The van der Waals surface area contributed by atoms with Gasteiger partial charge < -0.3 is 4.74 Å². The lowest BCUT2D eigenvalue weighted by Crippen LogP contribution is -2.24. The maximum absolute atomic E-state index is 5.72. The minimum atomic E-state index is 0.275. The summed E-state index contributed by atoms with van der Waals surface area (Å²) >= 11 is 0. The first kappa shape index (κ1) is 12.5. The lowest BCUT2D eigenvalue weighted by atomic mass is 9.97. The Kier molecular flexibility index (Phi) is 3.48. The highest BCUT2D eigenvalue weighted by molar-refractivity contribution is 5.30. The van der Waals surface area contributed by atoms with Gasteiger partial charge in [-0.25, -0.2) is 9.97 Å². The fraction of sp³-hybridized carbons (Fsp3) is 0.714. The highest BCUT2D eigenvalue weighted by Crippen LogP contribution is 2.27. The SMILES string of the molecule is CC(C)c1nc2c(c(C(C)C)n1)CO[C@H](C)C2. The molecule has 0 fully saturated rings. The van der Waals surface area contributed by atoms with Gasteiger partial charge in [0.1, 0.15) is 5.82 Å². The first-order valence-corrected chi connectivity index (χ1v) is 6.50. The van der Waals surface area contributed by atoms with Crippen LogP contribution in [0, 0.1) is 0 Å². The first-order valence-electron chi connectivity index (χ1n) is 6.50. The number of ether oxygens (including phenoxy) is 1. The molecule has 3 nitrogen and oxygen atoms in total. The molecule has 0 aliphatic carbocycles. The minimum Gasteiger partial charge on any atom is -0.373 e. The average molecular weight is 234 g/mol. The van der Waals surface area contributed by atoms with Crippen LogP contribution in [0.4, 0.5) is 0 Å². The largest absolute Gasteiger partial charge is 0.373 e. The molecule has 0 amide bonds. The molecular weight excluding hydrogens is 212 g/mol. The van der Waals surface area contributed by atoms with Crippen molar-refractivity contribution in [1.29, 1.82) is 0 Å². The van der Waals surface area contributed by atoms with Gasteiger partial charge in [0.2, 0.25) is 0 Å². The number of nitrogens with zero attached hydrogens (tertiary/aromatic N) is 2. The van der Waals surface area contributed by atoms with E-state index in [1.165, 1.54) is 17.0 Å². The topological polar surface area (TPSA) is 35.0 Å². The van der Waals surface area contributed by atoms with Crippen LogP contribution in [0.15, 0.2) is 0 Å². The molecule has 0 bridgehead atoms. The highest BCUT2D eigenvalue weighted by atomic mass is 16.5. The lowest BCUT2D eigenvalue weighted by molar-refractivity contribution is 0.0384. The number of rotatable bonds is 2. The lowest BCUT2D eigenvalue weighted by Gasteiger charge is -2.25. The second kappa shape index (κ2) is 4.73. The third-order valence-electron chi connectivity index (χ3n) is 3.20. The first-order chi connectivity index (χ1) is 7.99. The summed E-state index contributed by atoms with van der Waals surface area (Å²) in [5, 5.41) is 0. The summed E-state index contributed by atoms with van der Waals surface area (Å²) in [4.78, 5) is 9.43. The van der Waals surface area contributed by atoms with E-state index in [0.29, 0.717) is 18.4 Å². The van der Waals surface area contributed by atoms with Crippen molar-refractivity contribution < 1.29 is 4.74 Å². The van der Waals surface area contributed by atoms with Gasteiger partial charge in [-0.1, -0.05) is 27.7 Å². The molecule has 1 atom stereocenters. The van der Waals surface area contributed by atoms with Gasteiger partial charge in [-0.3, -0.25) is 0 Å². The van der Waals surface area contributed by atoms with Crippen LogP contribution >= 0.6 is 0 Å². The summed E-state index contributed by atoms with van der Waals surface area (Å²) < 4.78 is 5.72. The van der Waals surface area contributed by atoms with Gasteiger partial charge >= 0.3 is 0 Å². The summed E-state index contributed by atoms with van der Waals surface area (Å²) in [5.41, 5.74) is 3.60. The fourth-order valence-electron chi connectivity index (χ4n) is 2.19. The van der Waals surface area contributed by atoms with Crippen molar-refractivity contribution in [3.05, 3.63) is 22.8 Å². The van der Waals surface area contributed by atoms with Gasteiger partial charge in [-0.2, -0.15) is 0 Å². The Labute approximate surface area is 104 Å². The van der Waals surface area contributed by atoms with Crippen LogP contribution in [0.2, 0.25) is 0 Å². The van der Waals surface area contributed by atoms with Crippen molar-refractivity contribution in [1.82, 2.24) is 9.97 Å². The van der Waals surface area contributed by atoms with E-state index in [1.54, 1.807) is 0 Å². The van der Waals surface area contributed by atoms with Gasteiger partial charge in [0.25, 0.3) is 0 Å². The Morgan fingerprint density at radius 3 is 2.41 bits per heavy atom. The van der Waals surface area contributed by atoms with Crippen molar-refractivity contribution in [3.8, 4) is 0 Å². The zero-order chi connectivity index (χ0) is 12.6. The van der Waals surface area contributed by atoms with Crippen LogP contribution in [0.25, 0.3) is 0 Å². The maximum Gasteiger partial charge on any atom is 0.131 e. The molecule has 0 aromatic carbocycles. The number of hydrogen-bond donors (Lipinski definition) is 0. The van der Waals surface area contributed by atoms with E-state index in [2.05, 4.69) is 34.6 Å². The third-order valence-corrected chi connectivity index (χ3v) is 3.20. The van der Waals surface area contributed by atoms with E-state index >= 15 is 0 Å². The molecule has 0 spiro atoms. The zero-order valence-electron chi connectivity index (χ0n) is 11.4. The van der Waals surface area contributed by atoms with Gasteiger partial charge in [-0.05, 0) is 12.8 Å². The molecule has 0 saturated heterocycles. The Morgan fingerprint density at radius 1 is 1.12 bits per heavy atom. The van der Waals surface area contributed by atoms with E-state index in [9.17, 15) is 0 Å². The van der Waals surface area contributed by atoms with Crippen LogP contribution < -0.4 is 0 Å². The molecule has 2 rings (SSSR count). The Bertz CT molecular complexity index is 413. The van der Waals surface area contributed by atoms with Gasteiger partial charge in [0.15, 0.2) is 0 Å². The molecule has 1 aromatic rings. The smallest absolute Gasteiger partial charge is 0.131 e. The number of aromatic nitrogens is 2. The fourth-order valence-corrected chi connectivity index (χ4v) is 2.19. The maximum atomic E-state index is 5.72. The van der Waals surface area contributed by atoms with Gasteiger partial charge in [0, 0.05) is 17.9 Å². The van der Waals surface area contributed by atoms with E-state index in [1.807, 2.05) is 0 Å². The van der Waals surface area contributed by atoms with Crippen LogP contribution in [-0.2, 0) is 17.8 Å². The normalized spacial score (nSPS) is 19.8. The second-order valence-electron chi connectivity index (χ2n) is 5.53. The third kappa shape index (κ3) is 2.49. The Morgan fingerprint density at radius 2 is 1.82 bits per heavy atom. The van der Waals surface area contributed by atoms with Crippen LogP contribution in [0.1, 0.15) is 69.2 Å². The van der Waals surface area contributed by atoms with E-state index in [0.717, 1.165) is 12.2 Å². The average Bonchev–Trinajstić information content (AvgIpc) is 2.26. The molecule has 1 aliphatic rings. The predicted octanol–water partition coefficient (Wildman–Crippen LogP) is 3.18. The standard InChI is InChI=1S/C14H22N2O/c1-8(2)13-11-7-17-10(5)6-12(11)15-14(16-13)9(3)4/h8-10H,6-7H2,1-5H3/t10-/m1/s1. The zero-order valence-corrected chi connectivity index (χ0v) is 11.4. The molecule has 1 aromatic heterocycles. The van der Waals surface area contributed by atoms with E-state index in [4.69, 9.17) is 14.7 Å². The molecule has 1 aliphatic heterocycles. The molecule has 0 unspecified atom stereocenters. The molecule has 0 radical (unpaired) electrons. The van der Waals surface area contributed by atoms with Crippen LogP contribution in [0.3, 0.4) is 0 Å². The van der Waals surface area contributed by atoms with Crippen molar-refractivity contribution in [2.45, 2.75) is 65.6 Å². The summed E-state index contributed by atoms with van der Waals surface area (Å²) in [5.74, 6) is 1.79. The monoisotopic (exact) mass is 234 g/mol. The summed E-state index contributed by atoms with van der Waals surface area (Å²) in [6.45, 7) is 11.4. The van der Waals surface area contributed by atoms with Gasteiger partial charge in [0.05, 0.1) is 24.1 Å². The second-order valence-corrected chi connectivity index (χ2v) is 5.53. The Balaban J connectivity index is 2.51. The molecular formula is C14H22N2O. The van der Waals surface area contributed by atoms with Crippen molar-refractivity contribution in [2.75, 3.05) is 0 Å². The Hall–Kier alpha value is -0.960. The van der Waals surface area contributed by atoms with Crippen molar-refractivity contribution in [3.63, 3.8) is 0 Å². The highest BCUT2D eigenvalue weighted by Gasteiger charge is 2.23. The molecule has 0 N–H and O–H groups in total. The van der Waals surface area contributed by atoms with Crippen molar-refractivity contribution in [2.24, 2.45) is 0 Å². The van der Waals surface area contributed by atoms with Crippen LogP contribution in [0.5, 0.6) is 0 Å². The predicted molar refractivity (Wildman–Crippen MR) is 68.2 cm³/mol. The summed E-state index contributed by atoms with van der Waals surface area (Å²) in [7, 11) is 0. The van der Waals surface area contributed by atoms with Gasteiger partial charge in [-0.15, -0.1) is 0 Å². The number of hydrogen-bond acceptors (Lipinski definition) is 3. The molecule has 94 valence electrons. The molecule has 2 heterocycles. The van der Waals surface area contributed by atoms with E-state index in [-0.39, 0.29) is 6.10 Å². The molecule has 17 heavy (non-hydrogen) atoms. The molecule has 0 saturated carbocycles. The summed E-state index contributed by atoms with van der Waals surface area (Å²) in [6, 6.07) is 0. The van der Waals surface area contributed by atoms with Crippen LogP contribution in [-0.4, -0.2) is 16.1 Å². The molecule has 3 heteroatoms. The number of fused-ring (bicyclic) bond motifs is 1. The summed E-state index contributed by atoms with van der Waals surface area (Å²) in [6.07, 6.45) is 1.19. The quantitative estimate of drug-likeness (QED) is 0.788. The van der Waals surface area contributed by atoms with E-state index < -0.39 is 0 Å².